The molecule has 1 aliphatic rings. The largest absolute Gasteiger partial charge is 0.299 e. The van der Waals surface area contributed by atoms with Crippen LogP contribution in [0.15, 0.2) is 18.2 Å². The van der Waals surface area contributed by atoms with Gasteiger partial charge in [-0.05, 0) is 30.0 Å². The minimum atomic E-state index is -0.408. The van der Waals surface area contributed by atoms with E-state index in [1.807, 2.05) is 13.8 Å². The number of halogens is 2. The van der Waals surface area contributed by atoms with E-state index < -0.39 is 5.82 Å². The normalized spacial score (nSPS) is 23.8. The Hall–Kier alpha value is -0.890. The maximum absolute atomic E-state index is 13.0. The third kappa shape index (κ3) is 1.99. The second-order valence-electron chi connectivity index (χ2n) is 5.09. The number of ketones is 1. The van der Waals surface area contributed by atoms with Crippen LogP contribution >= 0.6 is 11.6 Å². The summed E-state index contributed by atoms with van der Waals surface area (Å²) >= 11 is 5.74. The lowest BCUT2D eigenvalue weighted by atomic mass is 9.88. The zero-order valence-electron chi connectivity index (χ0n) is 9.39. The number of hydrogen-bond donors (Lipinski definition) is 0. The minimum Gasteiger partial charge on any atom is -0.299 e. The zero-order chi connectivity index (χ0) is 11.9. The van der Waals surface area contributed by atoms with Crippen molar-refractivity contribution in [2.24, 2.45) is 5.41 Å². The molecule has 0 N–H and O–H groups in total. The molecular formula is C13H14ClFO. The molecule has 0 radical (unpaired) electrons. The van der Waals surface area contributed by atoms with E-state index in [4.69, 9.17) is 11.6 Å². The van der Waals surface area contributed by atoms with Crippen LogP contribution in [-0.2, 0) is 4.79 Å². The van der Waals surface area contributed by atoms with Crippen molar-refractivity contribution < 1.29 is 9.18 Å². The highest BCUT2D eigenvalue weighted by molar-refractivity contribution is 6.30. The van der Waals surface area contributed by atoms with Crippen LogP contribution in [0.3, 0.4) is 0 Å². The molecule has 1 aromatic carbocycles. The molecular weight excluding hydrogens is 227 g/mol. The molecule has 1 fully saturated rings. The predicted molar refractivity (Wildman–Crippen MR) is 62.2 cm³/mol. The lowest BCUT2D eigenvalue weighted by Crippen LogP contribution is -2.15. The summed E-state index contributed by atoms with van der Waals surface area (Å²) in [6.07, 6.45) is 1.35. The van der Waals surface area contributed by atoms with Crippen molar-refractivity contribution in [2.75, 3.05) is 0 Å². The summed E-state index contributed by atoms with van der Waals surface area (Å²) in [4.78, 5) is 11.7. The molecule has 1 saturated carbocycles. The predicted octanol–water partition coefficient (Wildman–Crippen LogP) is 3.95. The maximum atomic E-state index is 13.0. The summed E-state index contributed by atoms with van der Waals surface area (Å²) < 4.78 is 13.0. The van der Waals surface area contributed by atoms with Crippen LogP contribution in [0.25, 0.3) is 0 Å². The van der Waals surface area contributed by atoms with Crippen LogP contribution in [0.4, 0.5) is 4.39 Å². The first-order chi connectivity index (χ1) is 7.40. The first-order valence-electron chi connectivity index (χ1n) is 5.38. The van der Waals surface area contributed by atoms with E-state index in [-0.39, 0.29) is 22.1 Å². The summed E-state index contributed by atoms with van der Waals surface area (Å²) in [6.45, 7) is 3.92. The van der Waals surface area contributed by atoms with Crippen molar-refractivity contribution in [1.82, 2.24) is 0 Å². The number of carbonyl (C=O) groups is 1. The van der Waals surface area contributed by atoms with Crippen LogP contribution in [0, 0.1) is 11.2 Å². The van der Waals surface area contributed by atoms with Crippen molar-refractivity contribution in [3.63, 3.8) is 0 Å². The molecule has 0 spiro atoms. The fourth-order valence-corrected chi connectivity index (χ4v) is 2.49. The first kappa shape index (κ1) is 11.6. The summed E-state index contributed by atoms with van der Waals surface area (Å²) in [7, 11) is 0. The third-order valence-corrected chi connectivity index (χ3v) is 3.65. The molecule has 1 aliphatic carbocycles. The van der Waals surface area contributed by atoms with Crippen LogP contribution in [0.1, 0.15) is 38.2 Å². The Kier molecular flexibility index (Phi) is 2.79. The molecule has 0 amide bonds. The Morgan fingerprint density at radius 3 is 2.62 bits per heavy atom. The zero-order valence-corrected chi connectivity index (χ0v) is 10.1. The van der Waals surface area contributed by atoms with Crippen molar-refractivity contribution in [2.45, 2.75) is 32.6 Å². The molecule has 0 aliphatic heterocycles. The van der Waals surface area contributed by atoms with Crippen LogP contribution in [-0.4, -0.2) is 5.78 Å². The third-order valence-electron chi connectivity index (χ3n) is 3.36. The Labute approximate surface area is 99.6 Å². The van der Waals surface area contributed by atoms with Gasteiger partial charge in [0, 0.05) is 11.8 Å². The molecule has 3 heteroatoms. The SMILES string of the molecule is CC1(C)C[C@@H](c2ccc(F)c(Cl)c2)CC1=O. The quantitative estimate of drug-likeness (QED) is 0.726. The highest BCUT2D eigenvalue weighted by Crippen LogP contribution is 2.43. The summed E-state index contributed by atoms with van der Waals surface area (Å²) in [5, 5.41) is 0.134. The monoisotopic (exact) mass is 240 g/mol. The molecule has 1 nitrogen and oxygen atoms in total. The molecule has 0 bridgehead atoms. The molecule has 0 unspecified atom stereocenters. The fraction of sp³-hybridized carbons (Fsp3) is 0.462. The highest BCUT2D eigenvalue weighted by atomic mass is 35.5. The van der Waals surface area contributed by atoms with Crippen molar-refractivity contribution in [3.8, 4) is 0 Å². The maximum Gasteiger partial charge on any atom is 0.141 e. The molecule has 0 aromatic heterocycles. The van der Waals surface area contributed by atoms with Gasteiger partial charge in [-0.2, -0.15) is 0 Å². The van der Waals surface area contributed by atoms with E-state index >= 15 is 0 Å². The molecule has 2 rings (SSSR count). The average molecular weight is 241 g/mol. The lowest BCUT2D eigenvalue weighted by Gasteiger charge is -2.15. The van der Waals surface area contributed by atoms with E-state index in [2.05, 4.69) is 0 Å². The number of carbonyl (C=O) groups excluding carboxylic acids is 1. The summed E-state index contributed by atoms with van der Waals surface area (Å²) in [5.41, 5.74) is 0.705. The van der Waals surface area contributed by atoms with E-state index in [0.717, 1.165) is 12.0 Å². The van der Waals surface area contributed by atoms with Gasteiger partial charge in [0.05, 0.1) is 5.02 Å². The van der Waals surface area contributed by atoms with Crippen molar-refractivity contribution >= 4 is 17.4 Å². The van der Waals surface area contributed by atoms with E-state index in [1.54, 1.807) is 12.1 Å². The minimum absolute atomic E-state index is 0.134. The van der Waals surface area contributed by atoms with Crippen LogP contribution in [0.2, 0.25) is 5.02 Å². The van der Waals surface area contributed by atoms with Gasteiger partial charge in [0.15, 0.2) is 0 Å². The lowest BCUT2D eigenvalue weighted by molar-refractivity contribution is -0.124. The number of rotatable bonds is 1. The number of Topliss-reactive ketones (excluding diaryl/α,β-unsaturated/α-hetero) is 1. The number of hydrogen-bond acceptors (Lipinski definition) is 1. The smallest absolute Gasteiger partial charge is 0.141 e. The molecule has 16 heavy (non-hydrogen) atoms. The van der Waals surface area contributed by atoms with Gasteiger partial charge in [0.2, 0.25) is 0 Å². The van der Waals surface area contributed by atoms with Gasteiger partial charge in [-0.1, -0.05) is 31.5 Å². The highest BCUT2D eigenvalue weighted by Gasteiger charge is 2.39. The van der Waals surface area contributed by atoms with Crippen LogP contribution < -0.4 is 0 Å². The van der Waals surface area contributed by atoms with Gasteiger partial charge in [-0.3, -0.25) is 4.79 Å². The van der Waals surface area contributed by atoms with E-state index in [9.17, 15) is 9.18 Å². The Balaban J connectivity index is 2.27. The van der Waals surface area contributed by atoms with Crippen LogP contribution in [0.5, 0.6) is 0 Å². The molecule has 0 heterocycles. The van der Waals surface area contributed by atoms with Gasteiger partial charge < -0.3 is 0 Å². The fourth-order valence-electron chi connectivity index (χ4n) is 2.30. The van der Waals surface area contributed by atoms with Crippen molar-refractivity contribution in [3.05, 3.63) is 34.6 Å². The van der Waals surface area contributed by atoms with E-state index in [0.29, 0.717) is 6.42 Å². The average Bonchev–Trinajstić information content (AvgIpc) is 2.46. The summed E-state index contributed by atoms with van der Waals surface area (Å²) in [6, 6.07) is 4.73. The molecule has 1 aromatic rings. The van der Waals surface area contributed by atoms with E-state index in [1.165, 1.54) is 6.07 Å². The Morgan fingerprint density at radius 1 is 1.44 bits per heavy atom. The first-order valence-corrected chi connectivity index (χ1v) is 5.76. The Morgan fingerprint density at radius 2 is 2.12 bits per heavy atom. The molecule has 1 atom stereocenters. The standard InChI is InChI=1S/C13H14ClFO/c1-13(2)7-9(6-12(13)16)8-3-4-11(15)10(14)5-8/h3-5,9H,6-7H2,1-2H3/t9-/m0/s1. The second kappa shape index (κ2) is 3.85. The Bertz CT molecular complexity index is 440. The van der Waals surface area contributed by atoms with Gasteiger partial charge in [-0.25, -0.2) is 4.39 Å². The van der Waals surface area contributed by atoms with Gasteiger partial charge in [-0.15, -0.1) is 0 Å². The van der Waals surface area contributed by atoms with Gasteiger partial charge in [0.1, 0.15) is 11.6 Å². The summed E-state index contributed by atoms with van der Waals surface area (Å²) in [5.74, 6) is 0.0487. The van der Waals surface area contributed by atoms with Gasteiger partial charge >= 0.3 is 0 Å². The number of benzene rings is 1. The molecule has 0 saturated heterocycles. The second-order valence-corrected chi connectivity index (χ2v) is 5.49. The van der Waals surface area contributed by atoms with Gasteiger partial charge in [0.25, 0.3) is 0 Å². The molecule has 86 valence electrons. The topological polar surface area (TPSA) is 17.1 Å². The van der Waals surface area contributed by atoms with Crippen molar-refractivity contribution in [1.29, 1.82) is 0 Å².